The van der Waals surface area contributed by atoms with Crippen LogP contribution in [0.1, 0.15) is 12.0 Å². The van der Waals surface area contributed by atoms with Crippen molar-refractivity contribution in [3.63, 3.8) is 0 Å². The standard InChI is InChI=1S/C17H20ClN3O/c1-22-16-11-5-4-10-15(16)21-17(19)20-12-6-8-13-7-2-3-9-14(13)18/h2-5,7,9-11H,6,8,12H2,1H3,(H3,19,20,21). The van der Waals surface area contributed by atoms with E-state index in [0.717, 1.165) is 34.9 Å². The second-order valence-electron chi connectivity index (χ2n) is 4.79. The third kappa shape index (κ3) is 4.67. The summed E-state index contributed by atoms with van der Waals surface area (Å²) >= 11 is 6.12. The molecule has 0 radical (unpaired) electrons. The maximum absolute atomic E-state index is 6.12. The van der Waals surface area contributed by atoms with Crippen LogP contribution in [0.25, 0.3) is 0 Å². The van der Waals surface area contributed by atoms with Crippen LogP contribution in [0.15, 0.2) is 53.5 Å². The van der Waals surface area contributed by atoms with Crippen LogP contribution in [0, 0.1) is 0 Å². The molecule has 0 saturated heterocycles. The van der Waals surface area contributed by atoms with Crippen LogP contribution in [0.4, 0.5) is 5.69 Å². The zero-order valence-electron chi connectivity index (χ0n) is 12.6. The van der Waals surface area contributed by atoms with E-state index < -0.39 is 0 Å². The van der Waals surface area contributed by atoms with Gasteiger partial charge in [-0.15, -0.1) is 0 Å². The van der Waals surface area contributed by atoms with Crippen LogP contribution in [0.3, 0.4) is 0 Å². The second-order valence-corrected chi connectivity index (χ2v) is 5.19. The number of hydrogen-bond acceptors (Lipinski definition) is 2. The van der Waals surface area contributed by atoms with Gasteiger partial charge in [0.1, 0.15) is 5.75 Å². The fraction of sp³-hybridized carbons (Fsp3) is 0.235. The van der Waals surface area contributed by atoms with Crippen molar-refractivity contribution in [2.24, 2.45) is 10.7 Å². The van der Waals surface area contributed by atoms with Gasteiger partial charge in [0, 0.05) is 11.6 Å². The molecule has 0 aromatic heterocycles. The van der Waals surface area contributed by atoms with E-state index in [1.165, 1.54) is 0 Å². The number of aryl methyl sites for hydroxylation is 1. The molecule has 5 heteroatoms. The molecule has 0 fully saturated rings. The zero-order valence-corrected chi connectivity index (χ0v) is 13.3. The van der Waals surface area contributed by atoms with Crippen LogP contribution in [-0.2, 0) is 6.42 Å². The number of ether oxygens (including phenoxy) is 1. The van der Waals surface area contributed by atoms with Crippen LogP contribution >= 0.6 is 11.6 Å². The summed E-state index contributed by atoms with van der Waals surface area (Å²) in [6, 6.07) is 15.4. The first-order chi connectivity index (χ1) is 10.7. The number of rotatable bonds is 6. The minimum atomic E-state index is 0.378. The molecule has 3 N–H and O–H groups in total. The molecule has 0 saturated carbocycles. The molecular formula is C17H20ClN3O. The van der Waals surface area contributed by atoms with Gasteiger partial charge in [-0.05, 0) is 36.6 Å². The first kappa shape index (κ1) is 16.2. The number of para-hydroxylation sites is 2. The summed E-state index contributed by atoms with van der Waals surface area (Å²) in [6.07, 6.45) is 1.77. The Kier molecular flexibility index (Phi) is 6.10. The van der Waals surface area contributed by atoms with Crippen LogP contribution in [0.5, 0.6) is 5.75 Å². The molecule has 22 heavy (non-hydrogen) atoms. The summed E-state index contributed by atoms with van der Waals surface area (Å²) in [5.74, 6) is 1.11. The highest BCUT2D eigenvalue weighted by Crippen LogP contribution is 2.22. The minimum absolute atomic E-state index is 0.378. The van der Waals surface area contributed by atoms with Gasteiger partial charge in [0.2, 0.25) is 0 Å². The second kappa shape index (κ2) is 8.29. The molecule has 116 valence electrons. The SMILES string of the molecule is COc1ccccc1NC(N)=NCCCc1ccccc1Cl. The molecule has 0 amide bonds. The quantitative estimate of drug-likeness (QED) is 0.485. The lowest BCUT2D eigenvalue weighted by Crippen LogP contribution is -2.23. The average Bonchev–Trinajstić information content (AvgIpc) is 2.53. The van der Waals surface area contributed by atoms with Gasteiger partial charge in [-0.25, -0.2) is 0 Å². The van der Waals surface area contributed by atoms with E-state index in [9.17, 15) is 0 Å². The topological polar surface area (TPSA) is 59.6 Å². The molecule has 0 atom stereocenters. The number of nitrogens with two attached hydrogens (primary N) is 1. The highest BCUT2D eigenvalue weighted by molar-refractivity contribution is 6.31. The molecule has 0 aliphatic carbocycles. The molecular weight excluding hydrogens is 298 g/mol. The molecule has 0 bridgehead atoms. The normalized spacial score (nSPS) is 11.3. The molecule has 0 aliphatic heterocycles. The summed E-state index contributed by atoms with van der Waals surface area (Å²) < 4.78 is 5.26. The number of guanidine groups is 1. The Bertz CT molecular complexity index is 643. The Hall–Kier alpha value is -2.20. The average molecular weight is 318 g/mol. The number of aliphatic imine (C=N–C) groups is 1. The van der Waals surface area contributed by atoms with Gasteiger partial charge in [0.25, 0.3) is 0 Å². The van der Waals surface area contributed by atoms with Crippen LogP contribution in [0.2, 0.25) is 5.02 Å². The maximum atomic E-state index is 6.12. The fourth-order valence-electron chi connectivity index (χ4n) is 2.10. The Morgan fingerprint density at radius 3 is 2.68 bits per heavy atom. The van der Waals surface area contributed by atoms with Crippen molar-refractivity contribution in [3.8, 4) is 5.75 Å². The van der Waals surface area contributed by atoms with Gasteiger partial charge in [-0.1, -0.05) is 41.9 Å². The number of halogens is 1. The lowest BCUT2D eigenvalue weighted by atomic mass is 10.1. The summed E-state index contributed by atoms with van der Waals surface area (Å²) in [4.78, 5) is 4.32. The first-order valence-corrected chi connectivity index (χ1v) is 7.52. The number of nitrogens with zero attached hydrogens (tertiary/aromatic N) is 1. The van der Waals surface area contributed by atoms with E-state index >= 15 is 0 Å². The molecule has 0 spiro atoms. The maximum Gasteiger partial charge on any atom is 0.193 e. The van der Waals surface area contributed by atoms with E-state index in [-0.39, 0.29) is 0 Å². The molecule has 4 nitrogen and oxygen atoms in total. The number of benzene rings is 2. The van der Waals surface area contributed by atoms with Crippen molar-refractivity contribution in [1.82, 2.24) is 0 Å². The third-order valence-electron chi connectivity index (χ3n) is 3.21. The first-order valence-electron chi connectivity index (χ1n) is 7.14. The molecule has 0 unspecified atom stereocenters. The Morgan fingerprint density at radius 1 is 1.18 bits per heavy atom. The third-order valence-corrected chi connectivity index (χ3v) is 3.58. The largest absolute Gasteiger partial charge is 0.495 e. The summed E-state index contributed by atoms with van der Waals surface area (Å²) in [7, 11) is 1.62. The Balaban J connectivity index is 1.84. The molecule has 2 aromatic rings. The lowest BCUT2D eigenvalue weighted by molar-refractivity contribution is 0.417. The van der Waals surface area contributed by atoms with E-state index in [1.807, 2.05) is 48.5 Å². The monoisotopic (exact) mass is 317 g/mol. The zero-order chi connectivity index (χ0) is 15.8. The molecule has 2 aromatic carbocycles. The smallest absolute Gasteiger partial charge is 0.193 e. The van der Waals surface area contributed by atoms with Crippen molar-refractivity contribution >= 4 is 23.2 Å². The van der Waals surface area contributed by atoms with Crippen molar-refractivity contribution in [1.29, 1.82) is 0 Å². The van der Waals surface area contributed by atoms with Crippen molar-refractivity contribution in [3.05, 3.63) is 59.1 Å². The number of nitrogens with one attached hydrogen (secondary N) is 1. The van der Waals surface area contributed by atoms with Gasteiger partial charge in [-0.3, -0.25) is 4.99 Å². The summed E-state index contributed by atoms with van der Waals surface area (Å²) in [5.41, 5.74) is 7.83. The lowest BCUT2D eigenvalue weighted by Gasteiger charge is -2.10. The molecule has 0 aliphatic rings. The van der Waals surface area contributed by atoms with Crippen LogP contribution < -0.4 is 15.8 Å². The molecule has 2 rings (SSSR count). The van der Waals surface area contributed by atoms with E-state index in [2.05, 4.69) is 10.3 Å². The predicted octanol–water partition coefficient (Wildman–Crippen LogP) is 3.71. The van der Waals surface area contributed by atoms with Gasteiger partial charge >= 0.3 is 0 Å². The van der Waals surface area contributed by atoms with Gasteiger partial charge in [0.15, 0.2) is 5.96 Å². The molecule has 0 heterocycles. The van der Waals surface area contributed by atoms with E-state index in [4.69, 9.17) is 22.1 Å². The highest BCUT2D eigenvalue weighted by atomic mass is 35.5. The predicted molar refractivity (Wildman–Crippen MR) is 92.9 cm³/mol. The summed E-state index contributed by atoms with van der Waals surface area (Å²) in [5, 5.41) is 3.85. The van der Waals surface area contributed by atoms with Crippen molar-refractivity contribution in [2.45, 2.75) is 12.8 Å². The van der Waals surface area contributed by atoms with Crippen molar-refractivity contribution in [2.75, 3.05) is 19.0 Å². The van der Waals surface area contributed by atoms with Crippen molar-refractivity contribution < 1.29 is 4.74 Å². The summed E-state index contributed by atoms with van der Waals surface area (Å²) in [6.45, 7) is 0.638. The van der Waals surface area contributed by atoms with E-state index in [1.54, 1.807) is 7.11 Å². The Morgan fingerprint density at radius 2 is 1.91 bits per heavy atom. The van der Waals surface area contributed by atoms with E-state index in [0.29, 0.717) is 12.5 Å². The highest BCUT2D eigenvalue weighted by Gasteiger charge is 2.02. The minimum Gasteiger partial charge on any atom is -0.495 e. The number of hydrogen-bond donors (Lipinski definition) is 2. The Labute approximate surface area is 136 Å². The van der Waals surface area contributed by atoms with Gasteiger partial charge < -0.3 is 15.8 Å². The fourth-order valence-corrected chi connectivity index (χ4v) is 2.33. The van der Waals surface area contributed by atoms with Gasteiger partial charge in [-0.2, -0.15) is 0 Å². The number of anilines is 1. The van der Waals surface area contributed by atoms with Crippen LogP contribution in [-0.4, -0.2) is 19.6 Å². The van der Waals surface area contributed by atoms with Gasteiger partial charge in [0.05, 0.1) is 12.8 Å². The number of methoxy groups -OCH3 is 1.